The lowest BCUT2D eigenvalue weighted by Crippen LogP contribution is -2.00. The highest BCUT2D eigenvalue weighted by molar-refractivity contribution is 5.76. The minimum absolute atomic E-state index is 0.310. The van der Waals surface area contributed by atoms with Crippen molar-refractivity contribution in [2.45, 2.75) is 19.9 Å². The molecule has 0 aromatic carbocycles. The van der Waals surface area contributed by atoms with E-state index < -0.39 is 0 Å². The minimum Gasteiger partial charge on any atom is -0.481 e. The maximum atomic E-state index is 8.72. The van der Waals surface area contributed by atoms with E-state index in [4.69, 9.17) is 10.00 Å². The smallest absolute Gasteiger partial charge is 0.215 e. The fourth-order valence-electron chi connectivity index (χ4n) is 1.73. The SMILES string of the molecule is CCn1c(CC#N)nc2cnc(OC)cc21. The largest absolute Gasteiger partial charge is 0.481 e. The van der Waals surface area contributed by atoms with Crippen LogP contribution in [0.3, 0.4) is 0 Å². The predicted octanol–water partition coefficient (Wildman–Crippen LogP) is 1.53. The third kappa shape index (κ3) is 1.58. The fourth-order valence-corrected chi connectivity index (χ4v) is 1.73. The van der Waals surface area contributed by atoms with Crippen LogP contribution in [0.2, 0.25) is 0 Å². The average Bonchev–Trinajstić information content (AvgIpc) is 2.65. The minimum atomic E-state index is 0.310. The summed E-state index contributed by atoms with van der Waals surface area (Å²) in [6, 6.07) is 3.95. The van der Waals surface area contributed by atoms with Crippen LogP contribution in [0.5, 0.6) is 5.88 Å². The van der Waals surface area contributed by atoms with E-state index in [9.17, 15) is 0 Å². The highest BCUT2D eigenvalue weighted by Gasteiger charge is 2.10. The van der Waals surface area contributed by atoms with Gasteiger partial charge in [-0.05, 0) is 6.92 Å². The second-order valence-electron chi connectivity index (χ2n) is 3.32. The number of imidazole rings is 1. The molecule has 0 aliphatic carbocycles. The summed E-state index contributed by atoms with van der Waals surface area (Å²) < 4.78 is 7.08. The maximum Gasteiger partial charge on any atom is 0.215 e. The van der Waals surface area contributed by atoms with E-state index in [0.717, 1.165) is 23.4 Å². The fraction of sp³-hybridized carbons (Fsp3) is 0.364. The molecule has 0 spiro atoms. The third-order valence-corrected chi connectivity index (χ3v) is 2.45. The van der Waals surface area contributed by atoms with Crippen molar-refractivity contribution in [3.63, 3.8) is 0 Å². The first-order valence-electron chi connectivity index (χ1n) is 5.06. The highest BCUT2D eigenvalue weighted by Crippen LogP contribution is 2.19. The zero-order chi connectivity index (χ0) is 11.5. The number of methoxy groups -OCH3 is 1. The number of nitriles is 1. The Hall–Kier alpha value is -2.09. The Kier molecular flexibility index (Phi) is 2.73. The molecule has 0 bridgehead atoms. The Balaban J connectivity index is 2.64. The number of aryl methyl sites for hydroxylation is 1. The molecule has 5 nitrogen and oxygen atoms in total. The molecule has 2 heterocycles. The number of aromatic nitrogens is 3. The van der Waals surface area contributed by atoms with Crippen molar-refractivity contribution >= 4 is 11.0 Å². The molecule has 0 aliphatic rings. The molecule has 0 saturated heterocycles. The summed E-state index contributed by atoms with van der Waals surface area (Å²) >= 11 is 0. The van der Waals surface area contributed by atoms with Crippen molar-refractivity contribution < 1.29 is 4.74 Å². The van der Waals surface area contributed by atoms with Gasteiger partial charge in [-0.25, -0.2) is 9.97 Å². The summed E-state index contributed by atoms with van der Waals surface area (Å²) in [6.45, 7) is 2.80. The number of hydrogen-bond donors (Lipinski definition) is 0. The van der Waals surface area contributed by atoms with Crippen LogP contribution >= 0.6 is 0 Å². The van der Waals surface area contributed by atoms with Crippen molar-refractivity contribution in [1.29, 1.82) is 5.26 Å². The van der Waals surface area contributed by atoms with Crippen molar-refractivity contribution in [2.24, 2.45) is 0 Å². The summed E-state index contributed by atoms with van der Waals surface area (Å²) in [5.74, 6) is 1.33. The standard InChI is InChI=1S/C11H12N4O/c1-3-15-9-6-11(16-2)13-7-8(9)14-10(15)4-5-12/h6-7H,3-4H2,1-2H3. The molecule has 0 atom stereocenters. The summed E-state index contributed by atoms with van der Waals surface area (Å²) in [5, 5.41) is 8.72. The van der Waals surface area contributed by atoms with Gasteiger partial charge >= 0.3 is 0 Å². The molecule has 0 fully saturated rings. The van der Waals surface area contributed by atoms with Crippen LogP contribution in [0.15, 0.2) is 12.3 Å². The van der Waals surface area contributed by atoms with Crippen molar-refractivity contribution in [2.75, 3.05) is 7.11 Å². The van der Waals surface area contributed by atoms with Gasteiger partial charge in [-0.15, -0.1) is 0 Å². The van der Waals surface area contributed by atoms with E-state index >= 15 is 0 Å². The monoisotopic (exact) mass is 216 g/mol. The van der Waals surface area contributed by atoms with Crippen LogP contribution in [0.4, 0.5) is 0 Å². The molecule has 0 radical (unpaired) electrons. The van der Waals surface area contributed by atoms with Gasteiger partial charge in [0.1, 0.15) is 11.3 Å². The first-order valence-corrected chi connectivity index (χ1v) is 5.06. The summed E-state index contributed by atoms with van der Waals surface area (Å²) in [7, 11) is 1.58. The van der Waals surface area contributed by atoms with Gasteiger partial charge in [0.25, 0.3) is 0 Å². The number of ether oxygens (including phenoxy) is 1. The molecule has 5 heteroatoms. The Morgan fingerprint density at radius 3 is 3.00 bits per heavy atom. The van der Waals surface area contributed by atoms with Crippen molar-refractivity contribution in [3.05, 3.63) is 18.1 Å². The molecule has 0 aliphatic heterocycles. The molecular weight excluding hydrogens is 204 g/mol. The quantitative estimate of drug-likeness (QED) is 0.780. The van der Waals surface area contributed by atoms with Gasteiger partial charge in [0.15, 0.2) is 0 Å². The van der Waals surface area contributed by atoms with Crippen molar-refractivity contribution in [3.8, 4) is 11.9 Å². The summed E-state index contributed by atoms with van der Waals surface area (Å²) in [6.07, 6.45) is 1.98. The Labute approximate surface area is 93.3 Å². The molecule has 2 aromatic heterocycles. The lowest BCUT2D eigenvalue weighted by molar-refractivity contribution is 0.398. The van der Waals surface area contributed by atoms with Gasteiger partial charge < -0.3 is 9.30 Å². The van der Waals surface area contributed by atoms with Crippen LogP contribution in [-0.2, 0) is 13.0 Å². The first kappa shape index (κ1) is 10.4. The lowest BCUT2D eigenvalue weighted by atomic mass is 10.4. The Morgan fingerprint density at radius 2 is 2.38 bits per heavy atom. The molecule has 0 saturated carbocycles. The second-order valence-corrected chi connectivity index (χ2v) is 3.32. The highest BCUT2D eigenvalue weighted by atomic mass is 16.5. The molecule has 0 N–H and O–H groups in total. The van der Waals surface area contributed by atoms with E-state index in [1.807, 2.05) is 17.6 Å². The van der Waals surface area contributed by atoms with Gasteiger partial charge in [0, 0.05) is 12.6 Å². The predicted molar refractivity (Wildman–Crippen MR) is 59.1 cm³/mol. The van der Waals surface area contributed by atoms with E-state index in [2.05, 4.69) is 16.0 Å². The van der Waals surface area contributed by atoms with Gasteiger partial charge in [-0.1, -0.05) is 0 Å². The zero-order valence-electron chi connectivity index (χ0n) is 9.27. The maximum absolute atomic E-state index is 8.72. The van der Waals surface area contributed by atoms with Crippen LogP contribution in [-0.4, -0.2) is 21.6 Å². The second kappa shape index (κ2) is 4.19. The number of fused-ring (bicyclic) bond motifs is 1. The number of nitrogens with zero attached hydrogens (tertiary/aromatic N) is 4. The first-order chi connectivity index (χ1) is 7.80. The molecule has 82 valence electrons. The van der Waals surface area contributed by atoms with Gasteiger partial charge in [-0.2, -0.15) is 5.26 Å². The number of rotatable bonds is 3. The van der Waals surface area contributed by atoms with E-state index in [1.165, 1.54) is 0 Å². The van der Waals surface area contributed by atoms with Crippen LogP contribution < -0.4 is 4.74 Å². The topological polar surface area (TPSA) is 63.7 Å². The Morgan fingerprint density at radius 1 is 1.56 bits per heavy atom. The molecule has 2 aromatic rings. The Bertz CT molecular complexity index is 553. The van der Waals surface area contributed by atoms with E-state index in [-0.39, 0.29) is 0 Å². The van der Waals surface area contributed by atoms with Crippen LogP contribution in [0, 0.1) is 11.3 Å². The van der Waals surface area contributed by atoms with Crippen LogP contribution in [0.25, 0.3) is 11.0 Å². The van der Waals surface area contributed by atoms with Gasteiger partial charge in [0.2, 0.25) is 5.88 Å². The van der Waals surface area contributed by atoms with E-state index in [1.54, 1.807) is 13.3 Å². The number of hydrogen-bond acceptors (Lipinski definition) is 4. The zero-order valence-corrected chi connectivity index (χ0v) is 9.27. The third-order valence-electron chi connectivity index (χ3n) is 2.45. The average molecular weight is 216 g/mol. The molecule has 2 rings (SSSR count). The molecular formula is C11H12N4O. The summed E-state index contributed by atoms with van der Waals surface area (Å²) in [5.41, 5.74) is 1.76. The van der Waals surface area contributed by atoms with Crippen molar-refractivity contribution in [1.82, 2.24) is 14.5 Å². The molecule has 0 amide bonds. The van der Waals surface area contributed by atoms with Gasteiger partial charge in [-0.3, -0.25) is 0 Å². The summed E-state index contributed by atoms with van der Waals surface area (Å²) in [4.78, 5) is 8.46. The molecule has 16 heavy (non-hydrogen) atoms. The normalized spacial score (nSPS) is 10.3. The lowest BCUT2D eigenvalue weighted by Gasteiger charge is -2.03. The van der Waals surface area contributed by atoms with Crippen LogP contribution in [0.1, 0.15) is 12.7 Å². The number of pyridine rings is 1. The molecule has 0 unspecified atom stereocenters. The van der Waals surface area contributed by atoms with E-state index in [0.29, 0.717) is 12.3 Å². The van der Waals surface area contributed by atoms with Gasteiger partial charge in [0.05, 0.1) is 31.3 Å².